The number of rotatable bonds is 6. The van der Waals surface area contributed by atoms with Crippen LogP contribution in [0.4, 0.5) is 0 Å². The topological polar surface area (TPSA) is 43.3 Å². The lowest BCUT2D eigenvalue weighted by Gasteiger charge is -2.36. The summed E-state index contributed by atoms with van der Waals surface area (Å²) in [6, 6.07) is 19.7. The smallest absolute Gasteiger partial charge is 0.194 e. The summed E-state index contributed by atoms with van der Waals surface area (Å²) in [4.78, 5) is 11.9. The second-order valence-electron chi connectivity index (χ2n) is 8.35. The molecule has 2 aromatic rings. The van der Waals surface area contributed by atoms with Gasteiger partial charge in [0.1, 0.15) is 0 Å². The third kappa shape index (κ3) is 7.43. The van der Waals surface area contributed by atoms with E-state index in [0.717, 1.165) is 78.1 Å². The number of nitrogens with zero attached hydrogens (tertiary/aromatic N) is 4. The number of piperazine rings is 1. The van der Waals surface area contributed by atoms with Crippen LogP contribution in [0.25, 0.3) is 0 Å². The third-order valence-electron chi connectivity index (χ3n) is 6.12. The van der Waals surface area contributed by atoms with Gasteiger partial charge in [0, 0.05) is 66.0 Å². The first-order chi connectivity index (χ1) is 15.3. The monoisotopic (exact) mass is 549 g/mol. The average molecular weight is 550 g/mol. The third-order valence-corrected chi connectivity index (χ3v) is 6.12. The lowest BCUT2D eigenvalue weighted by Crippen LogP contribution is -2.52. The molecule has 2 aliphatic rings. The highest BCUT2D eigenvalue weighted by atomic mass is 127. The minimum atomic E-state index is 0. The van der Waals surface area contributed by atoms with Crippen molar-refractivity contribution in [3.63, 3.8) is 0 Å². The predicted octanol–water partition coefficient (Wildman–Crippen LogP) is 3.03. The molecule has 0 bridgehead atoms. The van der Waals surface area contributed by atoms with E-state index in [1.54, 1.807) is 0 Å². The molecule has 2 saturated heterocycles. The Morgan fingerprint density at radius 2 is 1.34 bits per heavy atom. The Morgan fingerprint density at radius 3 is 1.97 bits per heavy atom. The van der Waals surface area contributed by atoms with Gasteiger partial charge in [-0.25, -0.2) is 0 Å². The van der Waals surface area contributed by atoms with Gasteiger partial charge in [-0.1, -0.05) is 54.6 Å². The molecule has 6 nitrogen and oxygen atoms in total. The van der Waals surface area contributed by atoms with Crippen LogP contribution >= 0.6 is 24.0 Å². The molecule has 2 heterocycles. The number of halogens is 1. The van der Waals surface area contributed by atoms with Crippen molar-refractivity contribution < 1.29 is 4.74 Å². The molecule has 4 rings (SSSR count). The van der Waals surface area contributed by atoms with E-state index < -0.39 is 0 Å². The molecule has 0 unspecified atom stereocenters. The summed E-state index contributed by atoms with van der Waals surface area (Å²) in [5, 5.41) is 3.55. The van der Waals surface area contributed by atoms with Crippen LogP contribution in [0.2, 0.25) is 0 Å². The van der Waals surface area contributed by atoms with E-state index in [9.17, 15) is 0 Å². The lowest BCUT2D eigenvalue weighted by molar-refractivity contribution is 0.0342. The van der Waals surface area contributed by atoms with Crippen molar-refractivity contribution in [3.8, 4) is 0 Å². The number of nitrogens with one attached hydrogen (secondary N) is 1. The van der Waals surface area contributed by atoms with E-state index in [2.05, 4.69) is 79.6 Å². The second kappa shape index (κ2) is 13.1. The van der Waals surface area contributed by atoms with Crippen molar-refractivity contribution in [2.75, 3.05) is 59.5 Å². The van der Waals surface area contributed by atoms with Crippen molar-refractivity contribution in [2.45, 2.75) is 19.6 Å². The van der Waals surface area contributed by atoms with E-state index in [0.29, 0.717) is 0 Å². The lowest BCUT2D eigenvalue weighted by atomic mass is 10.1. The van der Waals surface area contributed by atoms with E-state index in [-0.39, 0.29) is 24.0 Å². The van der Waals surface area contributed by atoms with E-state index in [1.165, 1.54) is 16.7 Å². The molecule has 0 saturated carbocycles. The molecular weight excluding hydrogens is 513 g/mol. The van der Waals surface area contributed by atoms with Crippen molar-refractivity contribution in [1.29, 1.82) is 0 Å². The molecule has 0 aliphatic carbocycles. The van der Waals surface area contributed by atoms with Gasteiger partial charge in [0.25, 0.3) is 0 Å². The van der Waals surface area contributed by atoms with Crippen LogP contribution in [0.1, 0.15) is 16.7 Å². The first-order valence-corrected chi connectivity index (χ1v) is 11.4. The van der Waals surface area contributed by atoms with Gasteiger partial charge in [0.05, 0.1) is 13.2 Å². The highest BCUT2D eigenvalue weighted by molar-refractivity contribution is 14.0. The maximum absolute atomic E-state index is 5.44. The van der Waals surface area contributed by atoms with Crippen LogP contribution in [0.5, 0.6) is 0 Å². The molecule has 7 heteroatoms. The Morgan fingerprint density at radius 1 is 0.781 bits per heavy atom. The number of hydrogen-bond acceptors (Lipinski definition) is 4. The van der Waals surface area contributed by atoms with Crippen LogP contribution in [-0.2, 0) is 24.4 Å². The number of aliphatic imine (C=N–C) groups is 1. The van der Waals surface area contributed by atoms with Crippen molar-refractivity contribution in [3.05, 3.63) is 71.3 Å². The minimum absolute atomic E-state index is 0. The summed E-state index contributed by atoms with van der Waals surface area (Å²) < 4.78 is 5.44. The van der Waals surface area contributed by atoms with Gasteiger partial charge in [-0.2, -0.15) is 0 Å². The van der Waals surface area contributed by atoms with E-state index in [1.807, 2.05) is 7.05 Å². The Kier molecular flexibility index (Phi) is 10.2. The van der Waals surface area contributed by atoms with Gasteiger partial charge in [-0.15, -0.1) is 24.0 Å². The largest absolute Gasteiger partial charge is 0.379 e. The van der Waals surface area contributed by atoms with Gasteiger partial charge in [0.2, 0.25) is 0 Å². The van der Waals surface area contributed by atoms with Crippen molar-refractivity contribution in [2.24, 2.45) is 4.99 Å². The molecule has 2 aromatic carbocycles. The fourth-order valence-corrected chi connectivity index (χ4v) is 4.25. The quantitative estimate of drug-likeness (QED) is 0.341. The van der Waals surface area contributed by atoms with Gasteiger partial charge in [0.15, 0.2) is 5.96 Å². The minimum Gasteiger partial charge on any atom is -0.379 e. The number of morpholine rings is 1. The molecule has 32 heavy (non-hydrogen) atoms. The van der Waals surface area contributed by atoms with E-state index in [4.69, 9.17) is 4.74 Å². The van der Waals surface area contributed by atoms with Crippen molar-refractivity contribution >= 4 is 29.9 Å². The average Bonchev–Trinajstić information content (AvgIpc) is 2.83. The molecule has 174 valence electrons. The molecule has 0 spiro atoms. The molecule has 0 aromatic heterocycles. The summed E-state index contributed by atoms with van der Waals surface area (Å²) in [5.41, 5.74) is 4.04. The fourth-order valence-electron chi connectivity index (χ4n) is 4.25. The molecule has 0 amide bonds. The predicted molar refractivity (Wildman–Crippen MR) is 141 cm³/mol. The summed E-state index contributed by atoms with van der Waals surface area (Å²) >= 11 is 0. The molecule has 2 fully saturated rings. The maximum Gasteiger partial charge on any atom is 0.194 e. The van der Waals surface area contributed by atoms with E-state index >= 15 is 0 Å². The summed E-state index contributed by atoms with van der Waals surface area (Å²) in [5.74, 6) is 0.997. The Balaban J connectivity index is 0.00000289. The number of ether oxygens (including phenoxy) is 1. The first kappa shape index (κ1) is 25.0. The van der Waals surface area contributed by atoms with Gasteiger partial charge < -0.3 is 15.0 Å². The zero-order chi connectivity index (χ0) is 21.3. The van der Waals surface area contributed by atoms with Crippen LogP contribution in [0.15, 0.2) is 59.6 Å². The molecule has 0 radical (unpaired) electrons. The number of hydrogen-bond donors (Lipinski definition) is 1. The number of guanidine groups is 1. The zero-order valence-electron chi connectivity index (χ0n) is 19.1. The van der Waals surface area contributed by atoms with Gasteiger partial charge in [-0.3, -0.25) is 14.8 Å². The second-order valence-corrected chi connectivity index (χ2v) is 8.35. The summed E-state index contributed by atoms with van der Waals surface area (Å²) in [6.45, 7) is 10.7. The van der Waals surface area contributed by atoms with Crippen molar-refractivity contribution in [1.82, 2.24) is 20.0 Å². The van der Waals surface area contributed by atoms with Gasteiger partial charge in [-0.05, 0) is 16.7 Å². The highest BCUT2D eigenvalue weighted by Gasteiger charge is 2.19. The normalized spacial score (nSPS) is 18.3. The Bertz CT molecular complexity index is 816. The Labute approximate surface area is 209 Å². The van der Waals surface area contributed by atoms with Crippen LogP contribution in [0, 0.1) is 0 Å². The first-order valence-electron chi connectivity index (χ1n) is 11.4. The summed E-state index contributed by atoms with van der Waals surface area (Å²) in [6.07, 6.45) is 0. The summed E-state index contributed by atoms with van der Waals surface area (Å²) in [7, 11) is 1.88. The molecular formula is C25H36IN5O. The van der Waals surface area contributed by atoms with Crippen LogP contribution < -0.4 is 5.32 Å². The SMILES string of the molecule is CN=C(NCc1ccc(CN2CCOCC2)cc1)N1CCN(Cc2ccccc2)CC1.I. The highest BCUT2D eigenvalue weighted by Crippen LogP contribution is 2.11. The molecule has 2 aliphatic heterocycles. The van der Waals surface area contributed by atoms with Crippen LogP contribution in [0.3, 0.4) is 0 Å². The molecule has 0 atom stereocenters. The van der Waals surface area contributed by atoms with Gasteiger partial charge >= 0.3 is 0 Å². The zero-order valence-corrected chi connectivity index (χ0v) is 21.4. The standard InChI is InChI=1S/C25H35N5O.HI/c1-26-25(30-13-11-28(12-14-30)20-23-5-3-2-4-6-23)27-19-22-7-9-24(10-8-22)21-29-15-17-31-18-16-29;/h2-10H,11-21H2,1H3,(H,26,27);1H. The maximum atomic E-state index is 5.44. The fraction of sp³-hybridized carbons (Fsp3) is 0.480. The number of benzene rings is 2. The van der Waals surface area contributed by atoms with Crippen LogP contribution in [-0.4, -0.2) is 80.2 Å². The Hall–Kier alpha value is -1.68. The molecule has 1 N–H and O–H groups in total.